The number of aryl methyl sites for hydroxylation is 2. The highest BCUT2D eigenvalue weighted by molar-refractivity contribution is 7.92. The van der Waals surface area contributed by atoms with Crippen LogP contribution in [-0.2, 0) is 10.0 Å². The van der Waals surface area contributed by atoms with E-state index in [1.54, 1.807) is 6.07 Å². The number of amides is 1. The molecule has 0 bridgehead atoms. The molecule has 0 atom stereocenters. The molecule has 6 nitrogen and oxygen atoms in total. The molecule has 7 heteroatoms. The summed E-state index contributed by atoms with van der Waals surface area (Å²) < 4.78 is 26.6. The van der Waals surface area contributed by atoms with Crippen molar-refractivity contribution in [1.29, 1.82) is 0 Å². The molecule has 0 unspecified atom stereocenters. The summed E-state index contributed by atoms with van der Waals surface area (Å²) in [5, 5.41) is 2.81. The van der Waals surface area contributed by atoms with Crippen LogP contribution in [0.1, 0.15) is 41.8 Å². The Labute approximate surface area is 155 Å². The van der Waals surface area contributed by atoms with Crippen LogP contribution in [0.2, 0.25) is 0 Å². The van der Waals surface area contributed by atoms with Crippen molar-refractivity contribution in [1.82, 2.24) is 4.98 Å². The molecular weight excluding hydrogens is 350 g/mol. The SMILES string of the molecule is Cc1ccc(NC(=O)c2ccnc(NS(=O)(=O)CCC(C)C)c2)cc1C. The summed E-state index contributed by atoms with van der Waals surface area (Å²) in [6.07, 6.45) is 1.97. The van der Waals surface area contributed by atoms with E-state index in [1.807, 2.05) is 45.9 Å². The van der Waals surface area contributed by atoms with Crippen molar-refractivity contribution in [2.45, 2.75) is 34.1 Å². The Morgan fingerprint density at radius 3 is 2.50 bits per heavy atom. The lowest BCUT2D eigenvalue weighted by atomic mass is 10.1. The van der Waals surface area contributed by atoms with Gasteiger partial charge in [0.15, 0.2) is 0 Å². The number of carbonyl (C=O) groups excluding carboxylic acids is 1. The molecular formula is C19H25N3O3S. The number of benzene rings is 1. The molecule has 0 aliphatic carbocycles. The minimum Gasteiger partial charge on any atom is -0.322 e. The van der Waals surface area contributed by atoms with Crippen LogP contribution in [0.3, 0.4) is 0 Å². The number of anilines is 2. The van der Waals surface area contributed by atoms with E-state index in [1.165, 1.54) is 12.3 Å². The maximum absolute atomic E-state index is 12.4. The van der Waals surface area contributed by atoms with Crippen molar-refractivity contribution >= 4 is 27.4 Å². The highest BCUT2D eigenvalue weighted by Gasteiger charge is 2.14. The number of hydrogen-bond acceptors (Lipinski definition) is 4. The van der Waals surface area contributed by atoms with Gasteiger partial charge in [-0.25, -0.2) is 13.4 Å². The summed E-state index contributed by atoms with van der Waals surface area (Å²) in [6, 6.07) is 8.64. The van der Waals surface area contributed by atoms with Crippen LogP contribution in [0.5, 0.6) is 0 Å². The fourth-order valence-corrected chi connectivity index (χ4v) is 3.57. The second-order valence-corrected chi connectivity index (χ2v) is 8.63. The third kappa shape index (κ3) is 5.84. The van der Waals surface area contributed by atoms with Crippen LogP contribution in [-0.4, -0.2) is 25.1 Å². The second-order valence-electron chi connectivity index (χ2n) is 6.79. The predicted molar refractivity (Wildman–Crippen MR) is 105 cm³/mol. The van der Waals surface area contributed by atoms with Gasteiger partial charge in [-0.2, -0.15) is 0 Å². The summed E-state index contributed by atoms with van der Waals surface area (Å²) >= 11 is 0. The maximum atomic E-state index is 12.4. The van der Waals surface area contributed by atoms with E-state index in [0.29, 0.717) is 17.7 Å². The number of aromatic nitrogens is 1. The van der Waals surface area contributed by atoms with Crippen molar-refractivity contribution in [3.63, 3.8) is 0 Å². The normalized spacial score (nSPS) is 11.4. The molecule has 0 saturated heterocycles. The standard InChI is InChI=1S/C19H25N3O3S/c1-13(2)8-10-26(24,25)22-18-12-16(7-9-20-18)19(23)21-17-6-5-14(3)15(4)11-17/h5-7,9,11-13H,8,10H2,1-4H3,(H,20,22)(H,21,23). The van der Waals surface area contributed by atoms with Gasteiger partial charge in [-0.05, 0) is 61.6 Å². The molecule has 0 aliphatic heterocycles. The van der Waals surface area contributed by atoms with Gasteiger partial charge in [0.2, 0.25) is 10.0 Å². The Balaban J connectivity index is 2.10. The zero-order valence-corrected chi connectivity index (χ0v) is 16.4. The molecule has 0 fully saturated rings. The summed E-state index contributed by atoms with van der Waals surface area (Å²) in [5.41, 5.74) is 3.25. The highest BCUT2D eigenvalue weighted by atomic mass is 32.2. The van der Waals surface area contributed by atoms with E-state index in [4.69, 9.17) is 0 Å². The molecule has 1 heterocycles. The van der Waals surface area contributed by atoms with E-state index in [0.717, 1.165) is 11.1 Å². The number of carbonyl (C=O) groups is 1. The predicted octanol–water partition coefficient (Wildman–Crippen LogP) is 3.74. The molecule has 0 spiro atoms. The fourth-order valence-electron chi connectivity index (χ4n) is 2.25. The van der Waals surface area contributed by atoms with E-state index in [-0.39, 0.29) is 23.4 Å². The first kappa shape index (κ1) is 19.9. The number of pyridine rings is 1. The lowest BCUT2D eigenvalue weighted by molar-refractivity contribution is 0.102. The highest BCUT2D eigenvalue weighted by Crippen LogP contribution is 2.16. The molecule has 26 heavy (non-hydrogen) atoms. The Morgan fingerprint density at radius 1 is 1.12 bits per heavy atom. The fraction of sp³-hybridized carbons (Fsp3) is 0.368. The van der Waals surface area contributed by atoms with Crippen LogP contribution in [0.25, 0.3) is 0 Å². The summed E-state index contributed by atoms with van der Waals surface area (Å²) in [5.74, 6) is 0.125. The Bertz CT molecular complexity index is 893. The minimum absolute atomic E-state index is 0.0193. The van der Waals surface area contributed by atoms with Gasteiger partial charge in [-0.1, -0.05) is 19.9 Å². The van der Waals surface area contributed by atoms with Gasteiger partial charge in [0.05, 0.1) is 5.75 Å². The van der Waals surface area contributed by atoms with Gasteiger partial charge < -0.3 is 5.32 Å². The molecule has 1 aromatic heterocycles. The third-order valence-corrected chi connectivity index (χ3v) is 5.30. The number of sulfonamides is 1. The van der Waals surface area contributed by atoms with Crippen LogP contribution < -0.4 is 10.0 Å². The van der Waals surface area contributed by atoms with Crippen molar-refractivity contribution in [3.05, 3.63) is 53.2 Å². The average molecular weight is 375 g/mol. The second kappa shape index (κ2) is 8.31. The quantitative estimate of drug-likeness (QED) is 0.772. The molecule has 2 N–H and O–H groups in total. The topological polar surface area (TPSA) is 88.2 Å². The third-order valence-electron chi connectivity index (χ3n) is 4.01. The van der Waals surface area contributed by atoms with Gasteiger partial charge in [0.25, 0.3) is 5.91 Å². The largest absolute Gasteiger partial charge is 0.322 e. The van der Waals surface area contributed by atoms with Crippen molar-refractivity contribution in [3.8, 4) is 0 Å². The summed E-state index contributed by atoms with van der Waals surface area (Å²) in [4.78, 5) is 16.4. The first-order chi connectivity index (χ1) is 12.2. The molecule has 140 valence electrons. The molecule has 1 aromatic carbocycles. The Hall–Kier alpha value is -2.41. The first-order valence-corrected chi connectivity index (χ1v) is 10.2. The molecule has 2 rings (SSSR count). The molecule has 0 aliphatic rings. The molecule has 0 saturated carbocycles. The van der Waals surface area contributed by atoms with Gasteiger partial charge in [-0.3, -0.25) is 9.52 Å². The first-order valence-electron chi connectivity index (χ1n) is 8.51. The van der Waals surface area contributed by atoms with Crippen molar-refractivity contribution in [2.24, 2.45) is 5.92 Å². The Kier molecular flexibility index (Phi) is 6.37. The lowest BCUT2D eigenvalue weighted by Gasteiger charge is -2.10. The number of rotatable bonds is 7. The van der Waals surface area contributed by atoms with Gasteiger partial charge in [-0.15, -0.1) is 0 Å². The van der Waals surface area contributed by atoms with Crippen LogP contribution in [0.15, 0.2) is 36.5 Å². The van der Waals surface area contributed by atoms with Gasteiger partial charge >= 0.3 is 0 Å². The van der Waals surface area contributed by atoms with Gasteiger partial charge in [0.1, 0.15) is 5.82 Å². The molecule has 1 amide bonds. The van der Waals surface area contributed by atoms with Crippen molar-refractivity contribution in [2.75, 3.05) is 15.8 Å². The zero-order chi connectivity index (χ0) is 19.3. The van der Waals surface area contributed by atoms with Crippen LogP contribution >= 0.6 is 0 Å². The van der Waals surface area contributed by atoms with Crippen LogP contribution in [0.4, 0.5) is 11.5 Å². The Morgan fingerprint density at radius 2 is 1.85 bits per heavy atom. The minimum atomic E-state index is -3.49. The summed E-state index contributed by atoms with van der Waals surface area (Å²) in [7, 11) is -3.49. The molecule has 2 aromatic rings. The van der Waals surface area contributed by atoms with E-state index >= 15 is 0 Å². The van der Waals surface area contributed by atoms with Crippen LogP contribution in [0, 0.1) is 19.8 Å². The maximum Gasteiger partial charge on any atom is 0.255 e. The smallest absolute Gasteiger partial charge is 0.255 e. The molecule has 0 radical (unpaired) electrons. The lowest BCUT2D eigenvalue weighted by Crippen LogP contribution is -2.19. The monoisotopic (exact) mass is 375 g/mol. The van der Waals surface area contributed by atoms with E-state index in [9.17, 15) is 13.2 Å². The summed E-state index contributed by atoms with van der Waals surface area (Å²) in [6.45, 7) is 7.90. The number of nitrogens with one attached hydrogen (secondary N) is 2. The van der Waals surface area contributed by atoms with Gasteiger partial charge in [0, 0.05) is 17.4 Å². The zero-order valence-electron chi connectivity index (χ0n) is 15.5. The van der Waals surface area contributed by atoms with E-state index in [2.05, 4.69) is 15.0 Å². The number of nitrogens with zero attached hydrogens (tertiary/aromatic N) is 1. The van der Waals surface area contributed by atoms with E-state index < -0.39 is 10.0 Å². The number of hydrogen-bond donors (Lipinski definition) is 2. The van der Waals surface area contributed by atoms with Crippen molar-refractivity contribution < 1.29 is 13.2 Å². The average Bonchev–Trinajstić information content (AvgIpc) is 2.56.